The van der Waals surface area contributed by atoms with Gasteiger partial charge in [0.05, 0.1) is 0 Å². The fraction of sp³-hybridized carbons (Fsp3) is 0.129. The second-order valence-electron chi connectivity index (χ2n) is 8.78. The summed E-state index contributed by atoms with van der Waals surface area (Å²) < 4.78 is 21.0. The van der Waals surface area contributed by atoms with E-state index in [1.54, 1.807) is 0 Å². The van der Waals surface area contributed by atoms with E-state index in [1.807, 2.05) is 0 Å². The first kappa shape index (κ1) is 30.9. The Hall–Kier alpha value is -5.31. The minimum absolute atomic E-state index is 0.0461. The van der Waals surface area contributed by atoms with Crippen LogP contribution < -0.4 is 18.9 Å². The van der Waals surface area contributed by atoms with E-state index in [1.165, 1.54) is 76.2 Å². The number of hydrogen-bond donors (Lipinski definition) is 0. The first-order valence-electron chi connectivity index (χ1n) is 11.7. The maximum Gasteiger partial charge on any atom is 0.338 e. The summed E-state index contributed by atoms with van der Waals surface area (Å²) in [4.78, 5) is 61.1. The van der Waals surface area contributed by atoms with Gasteiger partial charge in [-0.25, -0.2) is 19.2 Å². The van der Waals surface area contributed by atoms with Crippen molar-refractivity contribution in [2.45, 2.75) is 27.7 Å². The first-order valence-corrected chi connectivity index (χ1v) is 11.7. The molecule has 0 aliphatic rings. The minimum atomic E-state index is -0.786. The molecule has 206 valence electrons. The van der Waals surface area contributed by atoms with Crippen LogP contribution in [0.4, 0.5) is 0 Å². The molecule has 0 saturated heterocycles. The Morgan fingerprint density at radius 2 is 1.00 bits per heavy atom. The number of carbonyl (C=O) groups excluding carboxylic acids is 5. The van der Waals surface area contributed by atoms with Crippen LogP contribution in [0.25, 0.3) is 6.08 Å². The van der Waals surface area contributed by atoms with Gasteiger partial charge in [-0.1, -0.05) is 32.4 Å². The highest BCUT2D eigenvalue weighted by atomic mass is 16.6. The highest BCUT2D eigenvalue weighted by molar-refractivity contribution is 6.07. The van der Waals surface area contributed by atoms with E-state index in [4.69, 9.17) is 18.9 Å². The summed E-state index contributed by atoms with van der Waals surface area (Å²) in [6.07, 6.45) is 2.59. The van der Waals surface area contributed by atoms with Gasteiger partial charge in [-0.15, -0.1) is 0 Å². The molecular formula is C31H28O9. The van der Waals surface area contributed by atoms with Gasteiger partial charge in [0.1, 0.15) is 11.5 Å². The summed E-state index contributed by atoms with van der Waals surface area (Å²) >= 11 is 0. The molecule has 0 saturated carbocycles. The van der Waals surface area contributed by atoms with Crippen LogP contribution in [0.15, 0.2) is 91.1 Å². The normalized spacial score (nSPS) is 10.3. The lowest BCUT2D eigenvalue weighted by atomic mass is 10.1. The largest absolute Gasteiger partial charge is 0.423 e. The molecule has 2 aromatic carbocycles. The highest BCUT2D eigenvalue weighted by Crippen LogP contribution is 2.31. The van der Waals surface area contributed by atoms with Crippen molar-refractivity contribution >= 4 is 35.7 Å². The third-order valence-electron chi connectivity index (χ3n) is 4.78. The predicted molar refractivity (Wildman–Crippen MR) is 148 cm³/mol. The molecule has 0 bridgehead atoms. The molecule has 40 heavy (non-hydrogen) atoms. The number of rotatable bonds is 11. The van der Waals surface area contributed by atoms with Crippen LogP contribution in [0.1, 0.15) is 43.6 Å². The molecule has 2 rings (SSSR count). The van der Waals surface area contributed by atoms with Crippen molar-refractivity contribution in [2.75, 3.05) is 0 Å². The molecule has 0 aromatic heterocycles. The van der Waals surface area contributed by atoms with E-state index in [9.17, 15) is 24.0 Å². The molecule has 0 radical (unpaired) electrons. The lowest BCUT2D eigenvalue weighted by molar-refractivity contribution is -0.132. The topological polar surface area (TPSA) is 122 Å². The second-order valence-corrected chi connectivity index (χ2v) is 8.78. The van der Waals surface area contributed by atoms with Crippen molar-refractivity contribution in [3.05, 3.63) is 102 Å². The molecule has 0 spiro atoms. The quantitative estimate of drug-likeness (QED) is 0.156. The average Bonchev–Trinajstić information content (AvgIpc) is 2.87. The van der Waals surface area contributed by atoms with Crippen LogP contribution in [-0.2, 0) is 19.2 Å². The van der Waals surface area contributed by atoms with Gasteiger partial charge in [0.2, 0.25) is 0 Å². The molecule has 0 heterocycles. The first-order chi connectivity index (χ1) is 18.7. The maximum atomic E-state index is 13.0. The Balaban J connectivity index is 2.43. The molecule has 0 aliphatic heterocycles. The number of benzene rings is 2. The monoisotopic (exact) mass is 544 g/mol. The average molecular weight is 545 g/mol. The molecule has 2 aromatic rings. The maximum absolute atomic E-state index is 13.0. The number of ether oxygens (including phenoxy) is 4. The van der Waals surface area contributed by atoms with Gasteiger partial charge in [-0.3, -0.25) is 4.79 Å². The Morgan fingerprint density at radius 3 is 1.45 bits per heavy atom. The SMILES string of the molecule is C=C(C)C(=O)Oc1cc(/C=C/C(=O)c2ccc(OC(=O)C(=C)C)c(OC(=O)C(=C)C)c2)cc(OC(=O)C(=C)C)c1. The van der Waals surface area contributed by atoms with Gasteiger partial charge in [0.25, 0.3) is 0 Å². The smallest absolute Gasteiger partial charge is 0.338 e. The molecule has 0 atom stereocenters. The van der Waals surface area contributed by atoms with Crippen molar-refractivity contribution in [1.82, 2.24) is 0 Å². The lowest BCUT2D eigenvalue weighted by Gasteiger charge is -2.11. The van der Waals surface area contributed by atoms with E-state index < -0.39 is 29.7 Å². The number of allylic oxidation sites excluding steroid dienone is 1. The number of esters is 4. The summed E-state index contributed by atoms with van der Waals surface area (Å²) in [6, 6.07) is 8.13. The van der Waals surface area contributed by atoms with Gasteiger partial charge in [0.15, 0.2) is 17.3 Å². The second kappa shape index (κ2) is 13.5. The van der Waals surface area contributed by atoms with Crippen LogP contribution in [0.3, 0.4) is 0 Å². The Morgan fingerprint density at radius 1 is 0.575 bits per heavy atom. The number of ketones is 1. The zero-order chi connectivity index (χ0) is 30.1. The van der Waals surface area contributed by atoms with Crippen LogP contribution in [0.5, 0.6) is 23.0 Å². The van der Waals surface area contributed by atoms with E-state index in [-0.39, 0.29) is 50.9 Å². The molecule has 0 N–H and O–H groups in total. The lowest BCUT2D eigenvalue weighted by Crippen LogP contribution is -2.13. The Kier molecular flexibility index (Phi) is 10.4. The van der Waals surface area contributed by atoms with Gasteiger partial charge in [0, 0.05) is 33.9 Å². The third kappa shape index (κ3) is 8.91. The fourth-order valence-corrected chi connectivity index (χ4v) is 2.66. The standard InChI is InChI=1S/C31H28O9/c1-17(2)28(33)37-23-13-21(14-24(16-23)38-29(34)18(3)4)9-11-25(32)22-10-12-26(39-30(35)19(5)6)27(15-22)40-31(36)20(7)8/h9-16H,1,3,5,7H2,2,4,6,8H3/b11-9+. The number of hydrogen-bond acceptors (Lipinski definition) is 9. The van der Waals surface area contributed by atoms with Crippen LogP contribution in [-0.4, -0.2) is 29.7 Å². The van der Waals surface area contributed by atoms with Crippen molar-refractivity contribution < 1.29 is 42.9 Å². The van der Waals surface area contributed by atoms with Crippen LogP contribution in [0.2, 0.25) is 0 Å². The summed E-state index contributed by atoms with van der Waals surface area (Å²) in [5.41, 5.74) is 0.948. The van der Waals surface area contributed by atoms with E-state index in [0.717, 1.165) is 0 Å². The van der Waals surface area contributed by atoms with E-state index in [2.05, 4.69) is 26.3 Å². The molecule has 0 unspecified atom stereocenters. The minimum Gasteiger partial charge on any atom is -0.423 e. The van der Waals surface area contributed by atoms with Crippen LogP contribution >= 0.6 is 0 Å². The number of carbonyl (C=O) groups is 5. The summed E-state index contributed by atoms with van der Waals surface area (Å²) in [5.74, 6) is -3.63. The predicted octanol–water partition coefficient (Wildman–Crippen LogP) is 5.51. The zero-order valence-electron chi connectivity index (χ0n) is 22.6. The summed E-state index contributed by atoms with van der Waals surface area (Å²) in [5, 5.41) is 0. The molecular weight excluding hydrogens is 516 g/mol. The summed E-state index contributed by atoms with van der Waals surface area (Å²) in [7, 11) is 0. The van der Waals surface area contributed by atoms with Crippen molar-refractivity contribution in [3.63, 3.8) is 0 Å². The molecule has 0 fully saturated rings. The Bertz CT molecular complexity index is 1440. The molecule has 9 nitrogen and oxygen atoms in total. The molecule has 9 heteroatoms. The van der Waals surface area contributed by atoms with Gasteiger partial charge in [-0.05, 0) is 69.7 Å². The van der Waals surface area contributed by atoms with Crippen molar-refractivity contribution in [3.8, 4) is 23.0 Å². The van der Waals surface area contributed by atoms with E-state index >= 15 is 0 Å². The van der Waals surface area contributed by atoms with Gasteiger partial charge >= 0.3 is 23.9 Å². The van der Waals surface area contributed by atoms with Crippen molar-refractivity contribution in [2.24, 2.45) is 0 Å². The van der Waals surface area contributed by atoms with Crippen molar-refractivity contribution in [1.29, 1.82) is 0 Å². The highest BCUT2D eigenvalue weighted by Gasteiger charge is 2.17. The molecule has 0 aliphatic carbocycles. The Labute approximate surface area is 231 Å². The zero-order valence-corrected chi connectivity index (χ0v) is 22.6. The fourth-order valence-electron chi connectivity index (χ4n) is 2.66. The third-order valence-corrected chi connectivity index (χ3v) is 4.78. The van der Waals surface area contributed by atoms with Gasteiger partial charge < -0.3 is 18.9 Å². The van der Waals surface area contributed by atoms with E-state index in [0.29, 0.717) is 5.56 Å². The van der Waals surface area contributed by atoms with Gasteiger partial charge in [-0.2, -0.15) is 0 Å². The van der Waals surface area contributed by atoms with Crippen LogP contribution in [0, 0.1) is 0 Å². The molecule has 0 amide bonds. The summed E-state index contributed by atoms with van der Waals surface area (Å²) in [6.45, 7) is 19.9.